The summed E-state index contributed by atoms with van der Waals surface area (Å²) in [5.41, 5.74) is 8.12. The van der Waals surface area contributed by atoms with Crippen LogP contribution in [0.3, 0.4) is 0 Å². The Balaban J connectivity index is 1.70. The summed E-state index contributed by atoms with van der Waals surface area (Å²) in [5, 5.41) is 14.7. The van der Waals surface area contributed by atoms with E-state index in [1.807, 2.05) is 54.6 Å². The summed E-state index contributed by atoms with van der Waals surface area (Å²) in [5.74, 6) is 0.106. The number of anilines is 2. The number of rotatable bonds is 5. The molecule has 3 N–H and O–H groups in total. The van der Waals surface area contributed by atoms with E-state index < -0.39 is 5.91 Å². The zero-order chi connectivity index (χ0) is 19.5. The average Bonchev–Trinajstić information content (AvgIpc) is 2.71. The lowest BCUT2D eigenvalue weighted by Gasteiger charge is -2.11. The quantitative estimate of drug-likeness (QED) is 0.535. The number of nitrogens with one attached hydrogen (secondary N) is 1. The van der Waals surface area contributed by atoms with Crippen LogP contribution in [0.25, 0.3) is 10.8 Å². The van der Waals surface area contributed by atoms with Gasteiger partial charge in [0.2, 0.25) is 0 Å². The number of aromatic nitrogens is 3. The number of nitrogens with two attached hydrogens (primary N) is 1. The molecule has 28 heavy (non-hydrogen) atoms. The van der Waals surface area contributed by atoms with Gasteiger partial charge in [-0.25, -0.2) is 0 Å². The fourth-order valence-electron chi connectivity index (χ4n) is 2.96. The number of benzene rings is 2. The van der Waals surface area contributed by atoms with Crippen LogP contribution in [0.1, 0.15) is 21.7 Å². The Morgan fingerprint density at radius 2 is 1.75 bits per heavy atom. The largest absolute Gasteiger partial charge is 0.364 e. The fraction of sp³-hybridized carbons (Fsp3) is 0.0476. The molecule has 2 heterocycles. The molecule has 6 nitrogen and oxygen atoms in total. The first-order valence-electron chi connectivity index (χ1n) is 8.62. The first kappa shape index (κ1) is 17.9. The lowest BCUT2D eigenvalue weighted by atomic mass is 10.0. The molecule has 2 aromatic carbocycles. The maximum absolute atomic E-state index is 11.4. The van der Waals surface area contributed by atoms with Crippen molar-refractivity contribution in [1.29, 1.82) is 0 Å². The van der Waals surface area contributed by atoms with E-state index in [0.29, 0.717) is 17.3 Å². The zero-order valence-electron chi connectivity index (χ0n) is 14.8. The van der Waals surface area contributed by atoms with Crippen LogP contribution in [0.2, 0.25) is 5.02 Å². The van der Waals surface area contributed by atoms with Gasteiger partial charge < -0.3 is 11.1 Å². The number of amides is 1. The van der Waals surface area contributed by atoms with E-state index in [2.05, 4.69) is 20.5 Å². The van der Waals surface area contributed by atoms with Crippen molar-refractivity contribution in [2.24, 2.45) is 5.73 Å². The van der Waals surface area contributed by atoms with Crippen molar-refractivity contribution < 1.29 is 4.79 Å². The second kappa shape index (κ2) is 7.62. The van der Waals surface area contributed by atoms with Crippen molar-refractivity contribution in [2.45, 2.75) is 6.42 Å². The molecule has 2 aromatic heterocycles. The van der Waals surface area contributed by atoms with Crippen LogP contribution >= 0.6 is 11.6 Å². The van der Waals surface area contributed by atoms with Crippen LogP contribution in [0, 0.1) is 0 Å². The van der Waals surface area contributed by atoms with Gasteiger partial charge in [0.15, 0.2) is 5.82 Å². The third-order valence-corrected chi connectivity index (χ3v) is 4.57. The first-order valence-corrected chi connectivity index (χ1v) is 8.99. The molecule has 0 saturated heterocycles. The fourth-order valence-corrected chi connectivity index (χ4v) is 3.09. The van der Waals surface area contributed by atoms with Crippen LogP contribution in [-0.4, -0.2) is 21.1 Å². The molecule has 0 spiro atoms. The Hall–Kier alpha value is -3.51. The van der Waals surface area contributed by atoms with E-state index in [1.54, 1.807) is 12.3 Å². The normalized spacial score (nSPS) is 10.8. The second-order valence-corrected chi connectivity index (χ2v) is 6.70. The van der Waals surface area contributed by atoms with Gasteiger partial charge >= 0.3 is 0 Å². The van der Waals surface area contributed by atoms with Crippen molar-refractivity contribution in [3.05, 3.63) is 88.8 Å². The predicted octanol–water partition coefficient (Wildman–Crippen LogP) is 4.11. The zero-order valence-corrected chi connectivity index (χ0v) is 15.5. The summed E-state index contributed by atoms with van der Waals surface area (Å²) in [6, 6.07) is 18.8. The van der Waals surface area contributed by atoms with E-state index in [4.69, 9.17) is 17.3 Å². The SMILES string of the molecule is NC(=O)c1cc(Cc2nnc(Nc3ccc(Cl)cc3)c3ccccc23)ccn1. The third-order valence-electron chi connectivity index (χ3n) is 4.32. The molecule has 4 aromatic rings. The molecule has 0 aliphatic heterocycles. The highest BCUT2D eigenvalue weighted by Gasteiger charge is 2.11. The number of hydrogen-bond acceptors (Lipinski definition) is 5. The lowest BCUT2D eigenvalue weighted by molar-refractivity contribution is 0.0995. The minimum absolute atomic E-state index is 0.232. The summed E-state index contributed by atoms with van der Waals surface area (Å²) in [6.07, 6.45) is 2.08. The number of hydrogen-bond donors (Lipinski definition) is 2. The standard InChI is InChI=1S/C21H16ClN5O/c22-14-5-7-15(8-6-14)25-21-17-4-2-1-3-16(17)18(26-27-21)11-13-9-10-24-19(12-13)20(23)28/h1-10,12H,11H2,(H2,23,28)(H,25,27). The number of halogens is 1. The summed E-state index contributed by atoms with van der Waals surface area (Å²) in [4.78, 5) is 15.4. The summed E-state index contributed by atoms with van der Waals surface area (Å²) >= 11 is 5.95. The van der Waals surface area contributed by atoms with Crippen molar-refractivity contribution >= 4 is 39.8 Å². The van der Waals surface area contributed by atoms with Gasteiger partial charge in [0, 0.05) is 34.1 Å². The Kier molecular flexibility index (Phi) is 4.87. The van der Waals surface area contributed by atoms with Crippen LogP contribution < -0.4 is 11.1 Å². The van der Waals surface area contributed by atoms with Crippen molar-refractivity contribution in [3.8, 4) is 0 Å². The van der Waals surface area contributed by atoms with Crippen LogP contribution in [-0.2, 0) is 6.42 Å². The molecule has 1 amide bonds. The van der Waals surface area contributed by atoms with Gasteiger partial charge in [-0.05, 0) is 42.0 Å². The molecular formula is C21H16ClN5O. The van der Waals surface area contributed by atoms with E-state index in [9.17, 15) is 4.79 Å². The number of carbonyl (C=O) groups is 1. The Morgan fingerprint density at radius 1 is 1.00 bits per heavy atom. The molecule has 138 valence electrons. The van der Waals surface area contributed by atoms with Gasteiger partial charge in [0.05, 0.1) is 5.69 Å². The molecule has 0 aliphatic carbocycles. The molecule has 7 heteroatoms. The van der Waals surface area contributed by atoms with Gasteiger partial charge in [-0.3, -0.25) is 9.78 Å². The van der Waals surface area contributed by atoms with E-state index in [-0.39, 0.29) is 5.69 Å². The van der Waals surface area contributed by atoms with Crippen LogP contribution in [0.4, 0.5) is 11.5 Å². The molecular weight excluding hydrogens is 374 g/mol. The molecule has 0 unspecified atom stereocenters. The van der Waals surface area contributed by atoms with Crippen LogP contribution in [0.5, 0.6) is 0 Å². The van der Waals surface area contributed by atoms with Crippen molar-refractivity contribution in [3.63, 3.8) is 0 Å². The minimum Gasteiger partial charge on any atom is -0.364 e. The first-order chi connectivity index (χ1) is 13.6. The number of fused-ring (bicyclic) bond motifs is 1. The maximum Gasteiger partial charge on any atom is 0.267 e. The Morgan fingerprint density at radius 3 is 2.50 bits per heavy atom. The van der Waals surface area contributed by atoms with Gasteiger partial charge in [-0.1, -0.05) is 35.9 Å². The summed E-state index contributed by atoms with van der Waals surface area (Å²) < 4.78 is 0. The highest BCUT2D eigenvalue weighted by atomic mass is 35.5. The summed E-state index contributed by atoms with van der Waals surface area (Å²) in [7, 11) is 0. The van der Waals surface area contributed by atoms with Crippen molar-refractivity contribution in [2.75, 3.05) is 5.32 Å². The molecule has 0 atom stereocenters. The lowest BCUT2D eigenvalue weighted by Crippen LogP contribution is -2.13. The second-order valence-electron chi connectivity index (χ2n) is 6.26. The third kappa shape index (κ3) is 3.77. The smallest absolute Gasteiger partial charge is 0.267 e. The predicted molar refractivity (Wildman–Crippen MR) is 110 cm³/mol. The number of nitrogens with zero attached hydrogens (tertiary/aromatic N) is 3. The molecule has 0 radical (unpaired) electrons. The molecule has 0 aliphatic rings. The topological polar surface area (TPSA) is 93.8 Å². The minimum atomic E-state index is -0.555. The molecule has 0 saturated carbocycles. The maximum atomic E-state index is 11.4. The van der Waals surface area contributed by atoms with E-state index >= 15 is 0 Å². The van der Waals surface area contributed by atoms with E-state index in [1.165, 1.54) is 0 Å². The van der Waals surface area contributed by atoms with Gasteiger partial charge in [0.1, 0.15) is 5.69 Å². The number of primary amides is 1. The molecule has 0 fully saturated rings. The van der Waals surface area contributed by atoms with Crippen LogP contribution in [0.15, 0.2) is 66.9 Å². The monoisotopic (exact) mass is 389 g/mol. The number of carbonyl (C=O) groups excluding carboxylic acids is 1. The average molecular weight is 390 g/mol. The van der Waals surface area contributed by atoms with Crippen molar-refractivity contribution in [1.82, 2.24) is 15.2 Å². The highest BCUT2D eigenvalue weighted by Crippen LogP contribution is 2.27. The highest BCUT2D eigenvalue weighted by molar-refractivity contribution is 6.30. The molecule has 4 rings (SSSR count). The van der Waals surface area contributed by atoms with Gasteiger partial charge in [0.25, 0.3) is 5.91 Å². The summed E-state index contributed by atoms with van der Waals surface area (Å²) in [6.45, 7) is 0. The molecule has 0 bridgehead atoms. The Bertz CT molecular complexity index is 1160. The van der Waals surface area contributed by atoms with Gasteiger partial charge in [-0.15, -0.1) is 5.10 Å². The Labute approximate surface area is 166 Å². The van der Waals surface area contributed by atoms with Gasteiger partial charge in [-0.2, -0.15) is 5.10 Å². The number of pyridine rings is 1. The van der Waals surface area contributed by atoms with E-state index in [0.717, 1.165) is 27.7 Å².